The molecule has 1 N–H and O–H groups in total. The summed E-state index contributed by atoms with van der Waals surface area (Å²) in [7, 11) is 1.42. The number of rotatable bonds is 4. The van der Waals surface area contributed by atoms with Gasteiger partial charge >= 0.3 is 5.97 Å². The zero-order valence-corrected chi connectivity index (χ0v) is 8.94. The molecule has 4 heteroatoms. The van der Waals surface area contributed by atoms with Crippen molar-refractivity contribution in [1.82, 2.24) is 0 Å². The molecule has 86 valence electrons. The SMILES string of the molecule is COc1cc(F)ccc1C(C(=O)O)C1CC1. The van der Waals surface area contributed by atoms with E-state index in [1.807, 2.05) is 0 Å². The van der Waals surface area contributed by atoms with Gasteiger partial charge in [-0.3, -0.25) is 4.79 Å². The van der Waals surface area contributed by atoms with Crippen molar-refractivity contribution in [2.75, 3.05) is 7.11 Å². The number of carboxylic acids is 1. The highest BCUT2D eigenvalue weighted by Crippen LogP contribution is 2.45. The first-order valence-corrected chi connectivity index (χ1v) is 5.19. The monoisotopic (exact) mass is 224 g/mol. The van der Waals surface area contributed by atoms with Gasteiger partial charge in [-0.15, -0.1) is 0 Å². The van der Waals surface area contributed by atoms with E-state index >= 15 is 0 Å². The maximum atomic E-state index is 13.0. The second-order valence-electron chi connectivity index (χ2n) is 4.04. The molecule has 0 aliphatic heterocycles. The van der Waals surface area contributed by atoms with Gasteiger partial charge in [0.15, 0.2) is 0 Å². The third-order valence-electron chi connectivity index (χ3n) is 2.89. The molecule has 1 aliphatic carbocycles. The topological polar surface area (TPSA) is 46.5 Å². The second kappa shape index (κ2) is 4.12. The van der Waals surface area contributed by atoms with Crippen LogP contribution in [0.15, 0.2) is 18.2 Å². The lowest BCUT2D eigenvalue weighted by Crippen LogP contribution is -2.14. The average Bonchev–Trinajstić information content (AvgIpc) is 3.04. The van der Waals surface area contributed by atoms with Crippen molar-refractivity contribution in [2.45, 2.75) is 18.8 Å². The molecule has 0 spiro atoms. The second-order valence-corrected chi connectivity index (χ2v) is 4.04. The third-order valence-corrected chi connectivity index (χ3v) is 2.89. The van der Waals surface area contributed by atoms with Crippen molar-refractivity contribution in [3.63, 3.8) is 0 Å². The molecule has 2 rings (SSSR count). The molecule has 0 heterocycles. The summed E-state index contributed by atoms with van der Waals surface area (Å²) >= 11 is 0. The summed E-state index contributed by atoms with van der Waals surface area (Å²) in [5.74, 6) is -1.38. The number of methoxy groups -OCH3 is 1. The molecular weight excluding hydrogens is 211 g/mol. The molecule has 16 heavy (non-hydrogen) atoms. The highest BCUT2D eigenvalue weighted by molar-refractivity contribution is 5.78. The number of carboxylic acid groups (broad SMARTS) is 1. The third kappa shape index (κ3) is 2.01. The standard InChI is InChI=1S/C12H13FO3/c1-16-10-6-8(13)4-5-9(10)11(12(14)15)7-2-3-7/h4-7,11H,2-3H2,1H3,(H,14,15). The van der Waals surface area contributed by atoms with Gasteiger partial charge in [0.2, 0.25) is 0 Å². The van der Waals surface area contributed by atoms with Gasteiger partial charge < -0.3 is 9.84 Å². The van der Waals surface area contributed by atoms with E-state index < -0.39 is 17.7 Å². The van der Waals surface area contributed by atoms with Crippen LogP contribution >= 0.6 is 0 Å². The Bertz CT molecular complexity index is 413. The number of benzene rings is 1. The van der Waals surface area contributed by atoms with E-state index in [0.29, 0.717) is 11.3 Å². The predicted molar refractivity (Wildman–Crippen MR) is 56.1 cm³/mol. The minimum atomic E-state index is -0.868. The quantitative estimate of drug-likeness (QED) is 0.854. The van der Waals surface area contributed by atoms with Crippen molar-refractivity contribution in [2.24, 2.45) is 5.92 Å². The van der Waals surface area contributed by atoms with Crippen molar-refractivity contribution < 1.29 is 19.0 Å². The molecule has 0 saturated heterocycles. The van der Waals surface area contributed by atoms with Crippen LogP contribution in [0.4, 0.5) is 4.39 Å². The molecule has 1 aromatic carbocycles. The van der Waals surface area contributed by atoms with Gasteiger partial charge in [-0.1, -0.05) is 6.07 Å². The molecule has 0 amide bonds. The van der Waals surface area contributed by atoms with Crippen LogP contribution in [0.3, 0.4) is 0 Å². The van der Waals surface area contributed by atoms with Crippen molar-refractivity contribution in [3.8, 4) is 5.75 Å². The van der Waals surface area contributed by atoms with Crippen LogP contribution in [0.25, 0.3) is 0 Å². The van der Waals surface area contributed by atoms with Crippen molar-refractivity contribution >= 4 is 5.97 Å². The van der Waals surface area contributed by atoms with E-state index in [9.17, 15) is 14.3 Å². The summed E-state index contributed by atoms with van der Waals surface area (Å²) < 4.78 is 18.0. The summed E-state index contributed by atoms with van der Waals surface area (Å²) in [5.41, 5.74) is 0.568. The molecular formula is C12H13FO3. The highest BCUT2D eigenvalue weighted by Gasteiger charge is 2.38. The first kappa shape index (κ1) is 10.9. The first-order chi connectivity index (χ1) is 7.63. The molecule has 1 aromatic rings. The van der Waals surface area contributed by atoms with Crippen LogP contribution in [-0.2, 0) is 4.79 Å². The molecule has 0 radical (unpaired) electrons. The number of hydrogen-bond donors (Lipinski definition) is 1. The van der Waals surface area contributed by atoms with E-state index in [1.165, 1.54) is 25.3 Å². The van der Waals surface area contributed by atoms with E-state index in [1.54, 1.807) is 0 Å². The lowest BCUT2D eigenvalue weighted by atomic mass is 9.93. The van der Waals surface area contributed by atoms with E-state index in [0.717, 1.165) is 12.8 Å². The highest BCUT2D eigenvalue weighted by atomic mass is 19.1. The van der Waals surface area contributed by atoms with Gasteiger partial charge in [-0.2, -0.15) is 0 Å². The number of aliphatic carboxylic acids is 1. The molecule has 1 fully saturated rings. The molecule has 1 saturated carbocycles. The Morgan fingerprint density at radius 3 is 2.75 bits per heavy atom. The number of halogens is 1. The number of carbonyl (C=O) groups is 1. The fourth-order valence-electron chi connectivity index (χ4n) is 1.96. The normalized spacial score (nSPS) is 16.9. The van der Waals surface area contributed by atoms with E-state index in [-0.39, 0.29) is 5.92 Å². The molecule has 3 nitrogen and oxygen atoms in total. The average molecular weight is 224 g/mol. The van der Waals surface area contributed by atoms with Crippen LogP contribution in [0.2, 0.25) is 0 Å². The van der Waals surface area contributed by atoms with Gasteiger partial charge in [0.25, 0.3) is 0 Å². The Kier molecular flexibility index (Phi) is 2.81. The molecule has 0 bridgehead atoms. The largest absolute Gasteiger partial charge is 0.496 e. The van der Waals surface area contributed by atoms with Crippen LogP contribution in [-0.4, -0.2) is 18.2 Å². The predicted octanol–water partition coefficient (Wildman–Crippen LogP) is 2.41. The van der Waals surface area contributed by atoms with Crippen LogP contribution < -0.4 is 4.74 Å². The molecule has 1 unspecified atom stereocenters. The van der Waals surface area contributed by atoms with E-state index in [2.05, 4.69) is 0 Å². The van der Waals surface area contributed by atoms with Crippen molar-refractivity contribution in [1.29, 1.82) is 0 Å². The zero-order chi connectivity index (χ0) is 11.7. The maximum Gasteiger partial charge on any atom is 0.311 e. The maximum absolute atomic E-state index is 13.0. The number of ether oxygens (including phenoxy) is 1. The van der Waals surface area contributed by atoms with Gasteiger partial charge in [0.05, 0.1) is 13.0 Å². The summed E-state index contributed by atoms with van der Waals surface area (Å²) in [6.07, 6.45) is 1.83. The Morgan fingerprint density at radius 2 is 2.25 bits per heavy atom. The van der Waals surface area contributed by atoms with Gasteiger partial charge in [0, 0.05) is 11.6 Å². The summed E-state index contributed by atoms with van der Waals surface area (Å²) in [4.78, 5) is 11.2. The fourth-order valence-corrected chi connectivity index (χ4v) is 1.96. The summed E-state index contributed by atoms with van der Waals surface area (Å²) in [5, 5.41) is 9.18. The Morgan fingerprint density at radius 1 is 1.56 bits per heavy atom. The number of hydrogen-bond acceptors (Lipinski definition) is 2. The summed E-state index contributed by atoms with van der Waals surface area (Å²) in [6, 6.07) is 4.01. The fraction of sp³-hybridized carbons (Fsp3) is 0.417. The minimum absolute atomic E-state index is 0.164. The van der Waals surface area contributed by atoms with E-state index in [4.69, 9.17) is 4.74 Å². The molecule has 0 aromatic heterocycles. The Labute approximate surface area is 92.9 Å². The lowest BCUT2D eigenvalue weighted by molar-refractivity contribution is -0.139. The van der Waals surface area contributed by atoms with Crippen LogP contribution in [0, 0.1) is 11.7 Å². The Hall–Kier alpha value is -1.58. The summed E-state index contributed by atoms with van der Waals surface area (Å²) in [6.45, 7) is 0. The van der Waals surface area contributed by atoms with Crippen LogP contribution in [0.1, 0.15) is 24.3 Å². The minimum Gasteiger partial charge on any atom is -0.496 e. The lowest BCUT2D eigenvalue weighted by Gasteiger charge is -2.15. The van der Waals surface area contributed by atoms with Gasteiger partial charge in [0.1, 0.15) is 11.6 Å². The smallest absolute Gasteiger partial charge is 0.311 e. The molecule has 1 atom stereocenters. The van der Waals surface area contributed by atoms with Gasteiger partial charge in [-0.25, -0.2) is 4.39 Å². The van der Waals surface area contributed by atoms with Gasteiger partial charge in [-0.05, 0) is 24.8 Å². The first-order valence-electron chi connectivity index (χ1n) is 5.19. The Balaban J connectivity index is 2.40. The zero-order valence-electron chi connectivity index (χ0n) is 8.94. The van der Waals surface area contributed by atoms with Crippen LogP contribution in [0.5, 0.6) is 5.75 Å². The molecule has 1 aliphatic rings. The van der Waals surface area contributed by atoms with Crippen molar-refractivity contribution in [3.05, 3.63) is 29.6 Å².